The summed E-state index contributed by atoms with van der Waals surface area (Å²) in [7, 11) is 0. The van der Waals surface area contributed by atoms with Crippen LogP contribution in [-0.2, 0) is 0 Å². The van der Waals surface area contributed by atoms with Gasteiger partial charge in [0, 0.05) is 16.1 Å². The van der Waals surface area contributed by atoms with E-state index in [1.54, 1.807) is 18.3 Å². The summed E-state index contributed by atoms with van der Waals surface area (Å²) in [5.41, 5.74) is 2.53. The fourth-order valence-corrected chi connectivity index (χ4v) is 3.12. The summed E-state index contributed by atoms with van der Waals surface area (Å²) >= 11 is 1.61. The zero-order chi connectivity index (χ0) is 14.9. The number of Topliss-reactive ketones (excluding diaryl/α,β-unsaturated/α-hetero) is 1. The average Bonchev–Trinajstić information content (AvgIpc) is 2.97. The molecule has 0 saturated heterocycles. The van der Waals surface area contributed by atoms with Crippen LogP contribution in [0.1, 0.15) is 56.9 Å². The van der Waals surface area contributed by atoms with Crippen molar-refractivity contribution >= 4 is 23.0 Å². The van der Waals surface area contributed by atoms with E-state index in [1.165, 1.54) is 6.92 Å². The van der Waals surface area contributed by atoms with Crippen molar-refractivity contribution in [2.24, 2.45) is 0 Å². The van der Waals surface area contributed by atoms with Gasteiger partial charge >= 0.3 is 0 Å². The first kappa shape index (κ1) is 14.5. The fraction of sp³-hybridized carbons (Fsp3) is 0.333. The number of thiophene rings is 1. The molecule has 0 radical (unpaired) electrons. The topological polar surface area (TPSA) is 62.0 Å². The van der Waals surface area contributed by atoms with E-state index in [2.05, 4.69) is 10.3 Å². The van der Waals surface area contributed by atoms with E-state index in [0.29, 0.717) is 16.8 Å². The van der Waals surface area contributed by atoms with Crippen LogP contribution in [0.5, 0.6) is 0 Å². The standard InChI is InChI=1S/C15H18N2O2S/c1-8-13(11(4)18)10(3)16-14(8)15(19)17-9(2)12-6-5-7-20-12/h5-7,9,16H,1-4H3,(H,17,19)/t9-/m1/s1. The van der Waals surface area contributed by atoms with Gasteiger partial charge in [0.25, 0.3) is 5.91 Å². The van der Waals surface area contributed by atoms with Gasteiger partial charge in [0.15, 0.2) is 5.78 Å². The Hall–Kier alpha value is -1.88. The van der Waals surface area contributed by atoms with Crippen molar-refractivity contribution in [3.63, 3.8) is 0 Å². The van der Waals surface area contributed by atoms with Crippen molar-refractivity contribution < 1.29 is 9.59 Å². The first-order valence-corrected chi connectivity index (χ1v) is 7.34. The third kappa shape index (κ3) is 2.67. The van der Waals surface area contributed by atoms with Gasteiger partial charge in [-0.3, -0.25) is 9.59 Å². The highest BCUT2D eigenvalue weighted by Crippen LogP contribution is 2.21. The summed E-state index contributed by atoms with van der Waals surface area (Å²) < 4.78 is 0. The summed E-state index contributed by atoms with van der Waals surface area (Å²) in [6.45, 7) is 7.06. The molecule has 5 heteroatoms. The van der Waals surface area contributed by atoms with Gasteiger partial charge in [0.05, 0.1) is 6.04 Å². The van der Waals surface area contributed by atoms with E-state index >= 15 is 0 Å². The summed E-state index contributed by atoms with van der Waals surface area (Å²) in [6, 6.07) is 3.90. The first-order valence-electron chi connectivity index (χ1n) is 6.46. The van der Waals surface area contributed by atoms with Gasteiger partial charge in [-0.05, 0) is 44.7 Å². The molecule has 0 aliphatic heterocycles. The first-order chi connectivity index (χ1) is 9.41. The van der Waals surface area contributed by atoms with Crippen molar-refractivity contribution in [3.8, 4) is 0 Å². The Balaban J connectivity index is 2.22. The second-order valence-corrected chi connectivity index (χ2v) is 5.87. The molecule has 0 bridgehead atoms. The highest BCUT2D eigenvalue weighted by molar-refractivity contribution is 7.10. The summed E-state index contributed by atoms with van der Waals surface area (Å²) in [6.07, 6.45) is 0. The number of carbonyl (C=O) groups is 2. The maximum Gasteiger partial charge on any atom is 0.268 e. The largest absolute Gasteiger partial charge is 0.354 e. The van der Waals surface area contributed by atoms with Crippen LogP contribution in [0.25, 0.3) is 0 Å². The summed E-state index contributed by atoms with van der Waals surface area (Å²) in [5, 5.41) is 4.93. The van der Waals surface area contributed by atoms with E-state index < -0.39 is 0 Å². The van der Waals surface area contributed by atoms with Crippen LogP contribution in [0.2, 0.25) is 0 Å². The molecule has 2 aromatic heterocycles. The van der Waals surface area contributed by atoms with E-state index in [4.69, 9.17) is 0 Å². The Morgan fingerprint density at radius 2 is 2.05 bits per heavy atom. The average molecular weight is 290 g/mol. The highest BCUT2D eigenvalue weighted by Gasteiger charge is 2.21. The number of H-pyrrole nitrogens is 1. The molecule has 2 N–H and O–H groups in total. The van der Waals surface area contributed by atoms with Crippen LogP contribution >= 0.6 is 11.3 Å². The molecule has 4 nitrogen and oxygen atoms in total. The molecule has 0 spiro atoms. The minimum absolute atomic E-state index is 0.0263. The van der Waals surface area contributed by atoms with Gasteiger partial charge in [-0.15, -0.1) is 11.3 Å². The number of rotatable bonds is 4. The molecule has 0 aromatic carbocycles. The third-order valence-electron chi connectivity index (χ3n) is 3.33. The van der Waals surface area contributed by atoms with E-state index in [0.717, 1.165) is 10.6 Å². The molecule has 0 fully saturated rings. The third-order valence-corrected chi connectivity index (χ3v) is 4.39. The Morgan fingerprint density at radius 3 is 2.55 bits per heavy atom. The normalized spacial score (nSPS) is 12.2. The second-order valence-electron chi connectivity index (χ2n) is 4.89. The number of aromatic nitrogens is 1. The number of ketones is 1. The number of hydrogen-bond acceptors (Lipinski definition) is 3. The molecule has 0 aliphatic carbocycles. The summed E-state index contributed by atoms with van der Waals surface area (Å²) in [4.78, 5) is 28.0. The van der Waals surface area contributed by atoms with E-state index in [1.807, 2.05) is 31.4 Å². The molecule has 106 valence electrons. The van der Waals surface area contributed by atoms with E-state index in [9.17, 15) is 9.59 Å². The van der Waals surface area contributed by atoms with Crippen LogP contribution in [0.3, 0.4) is 0 Å². The van der Waals surface area contributed by atoms with Gasteiger partial charge < -0.3 is 10.3 Å². The Bertz CT molecular complexity index is 641. The number of amides is 1. The number of carbonyl (C=O) groups excluding carboxylic acids is 2. The maximum atomic E-state index is 12.3. The SMILES string of the molecule is CC(=O)c1c(C)[nH]c(C(=O)N[C@H](C)c2cccs2)c1C. The lowest BCUT2D eigenvalue weighted by Gasteiger charge is -2.11. The van der Waals surface area contributed by atoms with Gasteiger partial charge in [-0.25, -0.2) is 0 Å². The van der Waals surface area contributed by atoms with Crippen LogP contribution < -0.4 is 5.32 Å². The van der Waals surface area contributed by atoms with Crippen molar-refractivity contribution in [2.45, 2.75) is 33.7 Å². The number of nitrogens with one attached hydrogen (secondary N) is 2. The van der Waals surface area contributed by atoms with Gasteiger partial charge in [0.1, 0.15) is 5.69 Å². The molecule has 20 heavy (non-hydrogen) atoms. The monoisotopic (exact) mass is 290 g/mol. The summed E-state index contributed by atoms with van der Waals surface area (Å²) in [5.74, 6) is -0.208. The molecule has 2 heterocycles. The fourth-order valence-electron chi connectivity index (χ4n) is 2.38. The number of aryl methyl sites for hydroxylation is 1. The molecule has 0 saturated carbocycles. The zero-order valence-corrected chi connectivity index (χ0v) is 12.9. The molecular formula is C15H18N2O2S. The van der Waals surface area contributed by atoms with Crippen molar-refractivity contribution in [3.05, 3.63) is 44.9 Å². The molecule has 0 aliphatic rings. The Kier molecular flexibility index (Phi) is 4.09. The predicted octanol–water partition coefficient (Wildman–Crippen LogP) is 3.39. The van der Waals surface area contributed by atoms with Crippen LogP contribution in [-0.4, -0.2) is 16.7 Å². The van der Waals surface area contributed by atoms with Crippen LogP contribution in [0, 0.1) is 13.8 Å². The highest BCUT2D eigenvalue weighted by atomic mass is 32.1. The van der Waals surface area contributed by atoms with E-state index in [-0.39, 0.29) is 17.7 Å². The smallest absolute Gasteiger partial charge is 0.268 e. The van der Waals surface area contributed by atoms with Gasteiger partial charge in [-0.2, -0.15) is 0 Å². The Morgan fingerprint density at radius 1 is 1.35 bits per heavy atom. The lowest BCUT2D eigenvalue weighted by molar-refractivity contribution is 0.0935. The van der Waals surface area contributed by atoms with Crippen LogP contribution in [0.15, 0.2) is 17.5 Å². The quantitative estimate of drug-likeness (QED) is 0.848. The van der Waals surface area contributed by atoms with Crippen molar-refractivity contribution in [1.82, 2.24) is 10.3 Å². The Labute approximate surface area is 122 Å². The second kappa shape index (κ2) is 5.63. The van der Waals surface area contributed by atoms with Crippen molar-refractivity contribution in [2.75, 3.05) is 0 Å². The zero-order valence-electron chi connectivity index (χ0n) is 12.0. The molecule has 1 atom stereocenters. The minimum atomic E-state index is -0.181. The molecular weight excluding hydrogens is 272 g/mol. The maximum absolute atomic E-state index is 12.3. The molecule has 2 rings (SSSR count). The molecule has 0 unspecified atom stereocenters. The van der Waals surface area contributed by atoms with Gasteiger partial charge in [-0.1, -0.05) is 6.07 Å². The number of aromatic amines is 1. The molecule has 1 amide bonds. The van der Waals surface area contributed by atoms with Gasteiger partial charge in [0.2, 0.25) is 0 Å². The molecule has 2 aromatic rings. The predicted molar refractivity (Wildman–Crippen MR) is 80.5 cm³/mol. The minimum Gasteiger partial charge on any atom is -0.354 e. The van der Waals surface area contributed by atoms with Crippen LogP contribution in [0.4, 0.5) is 0 Å². The lowest BCUT2D eigenvalue weighted by Crippen LogP contribution is -2.27. The number of hydrogen-bond donors (Lipinski definition) is 2. The van der Waals surface area contributed by atoms with Crippen molar-refractivity contribution in [1.29, 1.82) is 0 Å². The lowest BCUT2D eigenvalue weighted by atomic mass is 10.1.